The molecule has 4 aromatic carbocycles. The Kier molecular flexibility index (Phi) is 8.85. The van der Waals surface area contributed by atoms with Crippen LogP contribution in [0, 0.1) is 0 Å². The van der Waals surface area contributed by atoms with E-state index in [4.69, 9.17) is 5.73 Å². The van der Waals surface area contributed by atoms with E-state index < -0.39 is 15.8 Å². The summed E-state index contributed by atoms with van der Waals surface area (Å²) in [7, 11) is -1.02. The van der Waals surface area contributed by atoms with Gasteiger partial charge in [0.05, 0.1) is 0 Å². The highest BCUT2D eigenvalue weighted by Crippen LogP contribution is 2.52. The molecule has 2 N–H and O–H groups in total. The molecule has 0 saturated heterocycles. The molecular formula is C30H33NP2. The highest BCUT2D eigenvalue weighted by molar-refractivity contribution is 7.77. The fourth-order valence-corrected chi connectivity index (χ4v) is 11.0. The Balaban J connectivity index is 1.83. The zero-order valence-corrected chi connectivity index (χ0v) is 21.1. The molecule has 0 saturated carbocycles. The van der Waals surface area contributed by atoms with Crippen molar-refractivity contribution in [2.45, 2.75) is 31.1 Å². The van der Waals surface area contributed by atoms with Gasteiger partial charge in [0.2, 0.25) is 0 Å². The SMILES string of the molecule is CC(C(CCCN)P(c1ccccc1)c1ccccc1)P(c1ccccc1)c1ccccc1. The molecule has 0 fully saturated rings. The van der Waals surface area contributed by atoms with Crippen molar-refractivity contribution in [3.63, 3.8) is 0 Å². The summed E-state index contributed by atoms with van der Waals surface area (Å²) in [6.07, 6.45) is 2.20. The molecule has 33 heavy (non-hydrogen) atoms. The molecule has 3 heteroatoms. The van der Waals surface area contributed by atoms with Crippen LogP contribution in [0.1, 0.15) is 19.8 Å². The summed E-state index contributed by atoms with van der Waals surface area (Å²) in [5.74, 6) is 0. The van der Waals surface area contributed by atoms with Gasteiger partial charge < -0.3 is 5.73 Å². The fraction of sp³-hybridized carbons (Fsp3) is 0.200. The van der Waals surface area contributed by atoms with Crippen molar-refractivity contribution >= 4 is 37.1 Å². The summed E-state index contributed by atoms with van der Waals surface area (Å²) < 4.78 is 0. The van der Waals surface area contributed by atoms with Crippen molar-refractivity contribution in [3.8, 4) is 0 Å². The summed E-state index contributed by atoms with van der Waals surface area (Å²) in [5.41, 5.74) is 7.12. The van der Waals surface area contributed by atoms with E-state index in [1.54, 1.807) is 0 Å². The highest BCUT2D eigenvalue weighted by Gasteiger charge is 2.34. The second-order valence-corrected chi connectivity index (χ2v) is 13.3. The summed E-state index contributed by atoms with van der Waals surface area (Å²) in [4.78, 5) is 0. The van der Waals surface area contributed by atoms with Gasteiger partial charge in [-0.05, 0) is 67.8 Å². The molecule has 0 bridgehead atoms. The van der Waals surface area contributed by atoms with Crippen LogP contribution in [0.5, 0.6) is 0 Å². The molecule has 0 aromatic heterocycles. The lowest BCUT2D eigenvalue weighted by molar-refractivity contribution is 0.691. The first-order valence-electron chi connectivity index (χ1n) is 11.8. The number of rotatable bonds is 10. The van der Waals surface area contributed by atoms with Gasteiger partial charge >= 0.3 is 0 Å². The Morgan fingerprint density at radius 2 is 0.879 bits per heavy atom. The molecule has 0 heterocycles. The van der Waals surface area contributed by atoms with Crippen LogP contribution in [-0.2, 0) is 0 Å². The maximum Gasteiger partial charge on any atom is -0.00573 e. The Morgan fingerprint density at radius 3 is 1.21 bits per heavy atom. The van der Waals surface area contributed by atoms with Crippen LogP contribution in [0.4, 0.5) is 0 Å². The van der Waals surface area contributed by atoms with Crippen LogP contribution in [0.15, 0.2) is 121 Å². The molecular weight excluding hydrogens is 436 g/mol. The summed E-state index contributed by atoms with van der Waals surface area (Å²) in [6.45, 7) is 3.23. The van der Waals surface area contributed by atoms with Gasteiger partial charge in [-0.15, -0.1) is 0 Å². The van der Waals surface area contributed by atoms with Crippen molar-refractivity contribution in [2.75, 3.05) is 6.54 Å². The van der Waals surface area contributed by atoms with Gasteiger partial charge in [-0.3, -0.25) is 0 Å². The molecule has 168 valence electrons. The van der Waals surface area contributed by atoms with Gasteiger partial charge in [0.15, 0.2) is 0 Å². The fourth-order valence-electron chi connectivity index (χ4n) is 4.59. The maximum atomic E-state index is 6.07. The molecule has 2 unspecified atom stereocenters. The first-order valence-corrected chi connectivity index (χ1v) is 14.6. The Hall–Kier alpha value is -2.30. The lowest BCUT2D eigenvalue weighted by Crippen LogP contribution is -2.34. The van der Waals surface area contributed by atoms with Crippen LogP contribution >= 0.6 is 15.8 Å². The lowest BCUT2D eigenvalue weighted by Gasteiger charge is -2.38. The Bertz CT molecular complexity index is 992. The number of hydrogen-bond acceptors (Lipinski definition) is 1. The standard InChI is InChI=1S/C30H33NP2/c1-25(32(26-15-6-2-7-16-26)27-17-8-3-9-18-27)30(23-14-24-31)33(28-19-10-4-11-20-28)29-21-12-5-13-22-29/h2-13,15-22,25,30H,14,23-24,31H2,1H3. The van der Waals surface area contributed by atoms with Crippen LogP contribution in [0.2, 0.25) is 0 Å². The predicted octanol–water partition coefficient (Wildman–Crippen LogP) is 5.75. The quantitative estimate of drug-likeness (QED) is 0.294. The summed E-state index contributed by atoms with van der Waals surface area (Å²) >= 11 is 0. The van der Waals surface area contributed by atoms with E-state index in [0.29, 0.717) is 11.3 Å². The third kappa shape index (κ3) is 5.99. The van der Waals surface area contributed by atoms with Gasteiger partial charge in [0.1, 0.15) is 0 Å². The highest BCUT2D eigenvalue weighted by atomic mass is 31.1. The minimum absolute atomic E-state index is 0.506. The van der Waals surface area contributed by atoms with Gasteiger partial charge in [0.25, 0.3) is 0 Å². The van der Waals surface area contributed by atoms with E-state index in [2.05, 4.69) is 128 Å². The molecule has 0 aliphatic rings. The minimum atomic E-state index is -0.518. The molecule has 0 radical (unpaired) electrons. The van der Waals surface area contributed by atoms with Gasteiger partial charge in [0, 0.05) is 0 Å². The zero-order chi connectivity index (χ0) is 22.9. The first kappa shape index (κ1) is 23.8. The van der Waals surface area contributed by atoms with Crippen molar-refractivity contribution in [1.82, 2.24) is 0 Å². The lowest BCUT2D eigenvalue weighted by atomic mass is 10.2. The Labute approximate surface area is 201 Å². The predicted molar refractivity (Wildman–Crippen MR) is 150 cm³/mol. The van der Waals surface area contributed by atoms with Crippen LogP contribution in [-0.4, -0.2) is 17.9 Å². The zero-order valence-electron chi connectivity index (χ0n) is 19.3. The molecule has 2 atom stereocenters. The largest absolute Gasteiger partial charge is 0.330 e. The molecule has 0 aliphatic heterocycles. The van der Waals surface area contributed by atoms with Crippen molar-refractivity contribution in [2.24, 2.45) is 5.73 Å². The van der Waals surface area contributed by atoms with Crippen molar-refractivity contribution in [1.29, 1.82) is 0 Å². The normalized spacial score (nSPS) is 13.2. The number of nitrogens with two attached hydrogens (primary N) is 1. The van der Waals surface area contributed by atoms with Gasteiger partial charge in [-0.2, -0.15) is 0 Å². The average Bonchev–Trinajstić information content (AvgIpc) is 2.89. The third-order valence-electron chi connectivity index (χ3n) is 6.14. The van der Waals surface area contributed by atoms with E-state index in [1.165, 1.54) is 21.2 Å². The third-order valence-corrected chi connectivity index (χ3v) is 12.3. The van der Waals surface area contributed by atoms with Crippen molar-refractivity contribution in [3.05, 3.63) is 121 Å². The minimum Gasteiger partial charge on any atom is -0.330 e. The summed E-state index contributed by atoms with van der Waals surface area (Å²) in [5, 5.41) is 5.84. The first-order chi connectivity index (χ1) is 16.3. The number of hydrogen-bond donors (Lipinski definition) is 1. The molecule has 0 spiro atoms. The second kappa shape index (κ2) is 12.2. The van der Waals surface area contributed by atoms with E-state index in [9.17, 15) is 0 Å². The second-order valence-electron chi connectivity index (χ2n) is 8.32. The van der Waals surface area contributed by atoms with E-state index >= 15 is 0 Å². The van der Waals surface area contributed by atoms with Crippen LogP contribution < -0.4 is 27.0 Å². The molecule has 4 aromatic rings. The van der Waals surface area contributed by atoms with Crippen LogP contribution in [0.3, 0.4) is 0 Å². The smallest absolute Gasteiger partial charge is 0.00573 e. The van der Waals surface area contributed by atoms with E-state index in [1.807, 2.05) is 0 Å². The monoisotopic (exact) mass is 469 g/mol. The maximum absolute atomic E-state index is 6.07. The number of benzene rings is 4. The van der Waals surface area contributed by atoms with Crippen LogP contribution in [0.25, 0.3) is 0 Å². The van der Waals surface area contributed by atoms with Gasteiger partial charge in [-0.25, -0.2) is 0 Å². The van der Waals surface area contributed by atoms with Crippen molar-refractivity contribution < 1.29 is 0 Å². The average molecular weight is 470 g/mol. The molecule has 0 aliphatic carbocycles. The van der Waals surface area contributed by atoms with E-state index in [-0.39, 0.29) is 0 Å². The molecule has 4 rings (SSSR count). The molecule has 0 amide bonds. The molecule has 1 nitrogen and oxygen atoms in total. The topological polar surface area (TPSA) is 26.0 Å². The van der Waals surface area contributed by atoms with Gasteiger partial charge in [-0.1, -0.05) is 128 Å². The summed E-state index contributed by atoms with van der Waals surface area (Å²) in [6, 6.07) is 44.6. The Morgan fingerprint density at radius 1 is 0.545 bits per heavy atom. The van der Waals surface area contributed by atoms with E-state index in [0.717, 1.165) is 19.4 Å².